The first-order chi connectivity index (χ1) is 25.8. The van der Waals surface area contributed by atoms with Gasteiger partial charge in [0.05, 0.1) is 25.9 Å². The summed E-state index contributed by atoms with van der Waals surface area (Å²) in [7, 11) is 0. The number of carbonyl (C=O) groups excluding carboxylic acids is 5. The minimum Gasteiger partial charge on any atom is -0.456 e. The zero-order chi connectivity index (χ0) is 39.4. The third-order valence-corrected chi connectivity index (χ3v) is 8.03. The molecule has 2 aromatic rings. The van der Waals surface area contributed by atoms with Crippen LogP contribution < -0.4 is 0 Å². The lowest BCUT2D eigenvalue weighted by atomic mass is 9.97. The maximum atomic E-state index is 12.4. The summed E-state index contributed by atoms with van der Waals surface area (Å²) in [4.78, 5) is 61.5. The van der Waals surface area contributed by atoms with E-state index in [4.69, 9.17) is 47.4 Å². The molecule has 2 saturated heterocycles. The Hall–Kier alpha value is -4.96. The lowest BCUT2D eigenvalue weighted by molar-refractivity contribution is -0.337. The molecule has 0 aromatic heterocycles. The Kier molecular flexibility index (Phi) is 15.4. The van der Waals surface area contributed by atoms with Crippen LogP contribution >= 0.6 is 0 Å². The van der Waals surface area contributed by atoms with Crippen molar-refractivity contribution in [2.24, 2.45) is 0 Å². The van der Waals surface area contributed by atoms with Crippen molar-refractivity contribution in [2.45, 2.75) is 109 Å². The second-order valence-corrected chi connectivity index (χ2v) is 12.3. The van der Waals surface area contributed by atoms with Crippen LogP contribution in [0.15, 0.2) is 60.7 Å². The van der Waals surface area contributed by atoms with Crippen molar-refractivity contribution >= 4 is 29.8 Å². The zero-order valence-corrected chi connectivity index (χ0v) is 30.3. The SMILES string of the molecule is CC(=O)O[C@@H]1[C@@H](OC(C)=O)[C@H](O[C@@H](C#N)c2ccccc2)O[C@H](CO[C@@H]2O[C@H](COCc3ccccc3)[C@@H](O)[C@H](OC(C)=O)[C@H]2OC(C)=O)[C@H]1OC(C)=O. The van der Waals surface area contributed by atoms with Gasteiger partial charge in [0.15, 0.2) is 42.9 Å². The molecule has 0 bridgehead atoms. The maximum Gasteiger partial charge on any atom is 0.303 e. The Balaban J connectivity index is 1.67. The molecular formula is C37H43NO16. The van der Waals surface area contributed by atoms with Crippen LogP contribution in [0.1, 0.15) is 51.8 Å². The van der Waals surface area contributed by atoms with Crippen LogP contribution in [-0.4, -0.2) is 110 Å². The number of hydrogen-bond acceptors (Lipinski definition) is 17. The van der Waals surface area contributed by atoms with E-state index in [1.165, 1.54) is 0 Å². The van der Waals surface area contributed by atoms with E-state index in [2.05, 4.69) is 0 Å². The van der Waals surface area contributed by atoms with Crippen molar-refractivity contribution in [3.63, 3.8) is 0 Å². The van der Waals surface area contributed by atoms with Crippen LogP contribution in [0.5, 0.6) is 0 Å². The molecule has 4 rings (SSSR count). The topological polar surface area (TPSA) is 222 Å². The van der Waals surface area contributed by atoms with Crippen molar-refractivity contribution < 1.29 is 76.4 Å². The number of aliphatic hydroxyl groups excluding tert-OH is 1. The monoisotopic (exact) mass is 757 g/mol. The van der Waals surface area contributed by atoms with E-state index >= 15 is 0 Å². The molecule has 1 N–H and O–H groups in total. The lowest BCUT2D eigenvalue weighted by Gasteiger charge is -2.46. The number of hydrogen-bond donors (Lipinski definition) is 1. The van der Waals surface area contributed by atoms with Crippen LogP contribution in [0.3, 0.4) is 0 Å². The van der Waals surface area contributed by atoms with E-state index in [9.17, 15) is 34.3 Å². The minimum atomic E-state index is -1.62. The van der Waals surface area contributed by atoms with Gasteiger partial charge in [-0.1, -0.05) is 60.7 Å². The molecule has 2 aromatic carbocycles. The second-order valence-electron chi connectivity index (χ2n) is 12.3. The summed E-state index contributed by atoms with van der Waals surface area (Å²) in [6.45, 7) is 4.76. The molecule has 2 aliphatic heterocycles. The van der Waals surface area contributed by atoms with Gasteiger partial charge in [-0.15, -0.1) is 0 Å². The summed E-state index contributed by atoms with van der Waals surface area (Å²) in [6.07, 6.45) is -16.3. The van der Waals surface area contributed by atoms with Gasteiger partial charge >= 0.3 is 29.8 Å². The first-order valence-electron chi connectivity index (χ1n) is 17.0. The van der Waals surface area contributed by atoms with E-state index in [1.54, 1.807) is 30.3 Å². The molecule has 2 fully saturated rings. The molecule has 0 radical (unpaired) electrons. The van der Waals surface area contributed by atoms with Crippen LogP contribution in [0.4, 0.5) is 0 Å². The number of esters is 5. The summed E-state index contributed by atoms with van der Waals surface area (Å²) in [5, 5.41) is 21.3. The number of rotatable bonds is 15. The Bertz CT molecular complexity index is 1620. The van der Waals surface area contributed by atoms with Crippen molar-refractivity contribution in [1.82, 2.24) is 0 Å². The van der Waals surface area contributed by atoms with E-state index in [0.717, 1.165) is 40.2 Å². The van der Waals surface area contributed by atoms with Gasteiger partial charge in [0.1, 0.15) is 18.3 Å². The zero-order valence-electron chi connectivity index (χ0n) is 30.3. The first-order valence-corrected chi connectivity index (χ1v) is 17.0. The smallest absolute Gasteiger partial charge is 0.303 e. The third kappa shape index (κ3) is 11.8. The first kappa shape index (κ1) is 41.8. The molecule has 292 valence electrons. The van der Waals surface area contributed by atoms with Gasteiger partial charge in [-0.2, -0.15) is 5.26 Å². The Labute approximate surface area is 311 Å². The van der Waals surface area contributed by atoms with E-state index in [1.807, 2.05) is 36.4 Å². The van der Waals surface area contributed by atoms with Crippen molar-refractivity contribution in [3.05, 3.63) is 71.8 Å². The molecule has 54 heavy (non-hydrogen) atoms. The molecular weight excluding hydrogens is 714 g/mol. The quantitative estimate of drug-likeness (QED) is 0.203. The van der Waals surface area contributed by atoms with Crippen LogP contribution in [0, 0.1) is 11.3 Å². The molecule has 0 amide bonds. The van der Waals surface area contributed by atoms with E-state index < -0.39 is 104 Å². The molecule has 0 spiro atoms. The molecule has 2 aliphatic rings. The highest BCUT2D eigenvalue weighted by Crippen LogP contribution is 2.34. The van der Waals surface area contributed by atoms with Crippen molar-refractivity contribution in [2.75, 3.05) is 13.2 Å². The maximum absolute atomic E-state index is 12.4. The number of aliphatic hydroxyl groups is 1. The lowest BCUT2D eigenvalue weighted by Crippen LogP contribution is -2.64. The van der Waals surface area contributed by atoms with Crippen molar-refractivity contribution in [1.29, 1.82) is 5.26 Å². The van der Waals surface area contributed by atoms with E-state index in [-0.39, 0.29) is 13.2 Å². The van der Waals surface area contributed by atoms with Gasteiger partial charge in [-0.25, -0.2) is 0 Å². The predicted molar refractivity (Wildman–Crippen MR) is 179 cm³/mol. The summed E-state index contributed by atoms with van der Waals surface area (Å²) in [5.41, 5.74) is 1.24. The summed E-state index contributed by atoms with van der Waals surface area (Å²) in [6, 6.07) is 19.5. The fraction of sp³-hybridized carbons (Fsp3) is 0.514. The highest BCUT2D eigenvalue weighted by molar-refractivity contribution is 5.69. The second kappa shape index (κ2) is 19.9. The predicted octanol–water partition coefficient (Wildman–Crippen LogP) is 1.97. The normalized spacial score (nSPS) is 28.4. The fourth-order valence-electron chi connectivity index (χ4n) is 5.91. The number of nitrogens with zero attached hydrogens (tertiary/aromatic N) is 1. The average molecular weight is 758 g/mol. The van der Waals surface area contributed by atoms with Crippen LogP contribution in [-0.2, 0) is 77.9 Å². The standard InChI is InChI=1S/C37H43NO16/c1-20(39)47-31-29(54-37(35(51-24(5)43)33(31)49-22(3)41)52-27(16-38)26-14-10-7-11-15-26)19-46-36-34(50-23(4)42)32(48-21(2)40)30(44)28(53-36)18-45-17-25-12-8-6-9-13-25/h6-15,27-37,44H,17-19H2,1-5H3/t27-,28+,29+,30+,31+,32-,33-,34+,35+,36+,37+/m0/s1. The van der Waals surface area contributed by atoms with Gasteiger partial charge in [0, 0.05) is 34.6 Å². The summed E-state index contributed by atoms with van der Waals surface area (Å²) >= 11 is 0. The minimum absolute atomic E-state index is 0.139. The van der Waals surface area contributed by atoms with Gasteiger partial charge in [-0.3, -0.25) is 24.0 Å². The highest BCUT2D eigenvalue weighted by Gasteiger charge is 2.55. The molecule has 0 unspecified atom stereocenters. The molecule has 2 heterocycles. The number of carbonyl (C=O) groups is 5. The van der Waals surface area contributed by atoms with Gasteiger partial charge in [0.25, 0.3) is 0 Å². The summed E-state index contributed by atoms with van der Waals surface area (Å²) in [5.74, 6) is -4.17. The Morgan fingerprint density at radius 1 is 0.648 bits per heavy atom. The van der Waals surface area contributed by atoms with Crippen LogP contribution in [0.25, 0.3) is 0 Å². The number of ether oxygens (including phenoxy) is 10. The molecule has 17 nitrogen and oxygen atoms in total. The highest BCUT2D eigenvalue weighted by atomic mass is 16.8. The van der Waals surface area contributed by atoms with Crippen molar-refractivity contribution in [3.8, 4) is 6.07 Å². The summed E-state index contributed by atoms with van der Waals surface area (Å²) < 4.78 is 57.5. The fourth-order valence-corrected chi connectivity index (χ4v) is 5.91. The average Bonchev–Trinajstić information content (AvgIpc) is 3.11. The largest absolute Gasteiger partial charge is 0.456 e. The molecule has 0 aliphatic carbocycles. The van der Waals surface area contributed by atoms with Gasteiger partial charge in [-0.05, 0) is 11.1 Å². The third-order valence-electron chi connectivity index (χ3n) is 8.03. The Morgan fingerprint density at radius 2 is 1.13 bits per heavy atom. The Morgan fingerprint density at radius 3 is 1.69 bits per heavy atom. The van der Waals surface area contributed by atoms with Crippen LogP contribution in [0.2, 0.25) is 0 Å². The number of nitriles is 1. The molecule has 0 saturated carbocycles. The number of benzene rings is 2. The van der Waals surface area contributed by atoms with Gasteiger partial charge in [0.2, 0.25) is 6.29 Å². The molecule has 17 heteroatoms. The molecule has 11 atom stereocenters. The van der Waals surface area contributed by atoms with Gasteiger partial charge < -0.3 is 52.5 Å². The van der Waals surface area contributed by atoms with E-state index in [0.29, 0.717) is 5.56 Å².